The quantitative estimate of drug-likeness (QED) is 0.442. The first-order valence-corrected chi connectivity index (χ1v) is 9.39. The molecule has 0 saturated carbocycles. The lowest BCUT2D eigenvalue weighted by Crippen LogP contribution is -2.17. The number of rotatable bonds is 7. The number of benzene rings is 3. The largest absolute Gasteiger partial charge is 0.493 e. The highest BCUT2D eigenvalue weighted by Gasteiger charge is 2.07. The first-order chi connectivity index (χ1) is 14.1. The SMILES string of the molecule is COc1cc(/C=N\NC(=O)c2ccc(C)c(Cl)c2)ccc1OCc1ccccc1. The molecule has 0 bridgehead atoms. The van der Waals surface area contributed by atoms with E-state index < -0.39 is 0 Å². The van der Waals surface area contributed by atoms with Crippen molar-refractivity contribution in [2.24, 2.45) is 5.10 Å². The number of hydrazone groups is 1. The molecule has 0 fully saturated rings. The van der Waals surface area contributed by atoms with E-state index in [4.69, 9.17) is 21.1 Å². The topological polar surface area (TPSA) is 59.9 Å². The number of nitrogens with one attached hydrogen (secondary N) is 1. The van der Waals surface area contributed by atoms with Gasteiger partial charge >= 0.3 is 0 Å². The van der Waals surface area contributed by atoms with E-state index in [1.54, 1.807) is 31.4 Å². The number of amides is 1. The van der Waals surface area contributed by atoms with Crippen LogP contribution in [-0.4, -0.2) is 19.2 Å². The molecule has 0 aliphatic rings. The van der Waals surface area contributed by atoms with Crippen LogP contribution in [0.25, 0.3) is 0 Å². The monoisotopic (exact) mass is 408 g/mol. The standard InChI is InChI=1S/C23H21ClN2O3/c1-16-8-10-19(13-20(16)24)23(27)26-25-14-18-9-11-21(22(12-18)28-2)29-15-17-6-4-3-5-7-17/h3-14H,15H2,1-2H3,(H,26,27)/b25-14-. The maximum Gasteiger partial charge on any atom is 0.271 e. The van der Waals surface area contributed by atoms with Crippen molar-refractivity contribution in [3.05, 3.63) is 94.0 Å². The molecule has 3 rings (SSSR count). The van der Waals surface area contributed by atoms with Gasteiger partial charge in [-0.15, -0.1) is 0 Å². The molecule has 6 heteroatoms. The molecular weight excluding hydrogens is 388 g/mol. The second kappa shape index (κ2) is 9.75. The first-order valence-electron chi connectivity index (χ1n) is 9.01. The van der Waals surface area contributed by atoms with E-state index in [9.17, 15) is 4.79 Å². The van der Waals surface area contributed by atoms with E-state index in [2.05, 4.69) is 10.5 Å². The van der Waals surface area contributed by atoms with Crippen molar-refractivity contribution >= 4 is 23.7 Å². The Labute approximate surface area is 174 Å². The maximum absolute atomic E-state index is 12.2. The van der Waals surface area contributed by atoms with E-state index in [1.807, 2.05) is 49.4 Å². The number of hydrogen-bond donors (Lipinski definition) is 1. The zero-order chi connectivity index (χ0) is 20.6. The zero-order valence-electron chi connectivity index (χ0n) is 16.2. The van der Waals surface area contributed by atoms with Crippen LogP contribution in [0.2, 0.25) is 5.02 Å². The summed E-state index contributed by atoms with van der Waals surface area (Å²) in [6, 6.07) is 20.4. The normalized spacial score (nSPS) is 10.7. The highest BCUT2D eigenvalue weighted by Crippen LogP contribution is 2.28. The Morgan fingerprint density at radius 1 is 1.07 bits per heavy atom. The number of ether oxygens (including phenoxy) is 2. The molecule has 0 radical (unpaired) electrons. The van der Waals surface area contributed by atoms with Crippen molar-refractivity contribution in [3.8, 4) is 11.5 Å². The fourth-order valence-electron chi connectivity index (χ4n) is 2.58. The Morgan fingerprint density at radius 3 is 2.59 bits per heavy atom. The second-order valence-corrected chi connectivity index (χ2v) is 6.75. The van der Waals surface area contributed by atoms with Crippen LogP contribution in [0.15, 0.2) is 71.8 Å². The van der Waals surface area contributed by atoms with E-state index in [1.165, 1.54) is 6.21 Å². The molecule has 1 amide bonds. The van der Waals surface area contributed by atoms with Gasteiger partial charge in [-0.2, -0.15) is 5.10 Å². The lowest BCUT2D eigenvalue weighted by Gasteiger charge is -2.11. The van der Waals surface area contributed by atoms with Crippen LogP contribution in [0.1, 0.15) is 27.0 Å². The van der Waals surface area contributed by atoms with Crippen LogP contribution in [0.4, 0.5) is 0 Å². The number of nitrogens with zero attached hydrogens (tertiary/aromatic N) is 1. The summed E-state index contributed by atoms with van der Waals surface area (Å²) < 4.78 is 11.2. The predicted octanol–water partition coefficient (Wildman–Crippen LogP) is 5.00. The van der Waals surface area contributed by atoms with Gasteiger partial charge in [0.05, 0.1) is 13.3 Å². The molecule has 29 heavy (non-hydrogen) atoms. The average molecular weight is 409 g/mol. The summed E-state index contributed by atoms with van der Waals surface area (Å²) in [5.41, 5.74) is 5.68. The summed E-state index contributed by atoms with van der Waals surface area (Å²) >= 11 is 6.06. The molecule has 3 aromatic carbocycles. The second-order valence-electron chi connectivity index (χ2n) is 6.35. The van der Waals surface area contributed by atoms with Crippen molar-refractivity contribution in [1.29, 1.82) is 0 Å². The number of carbonyl (C=O) groups is 1. The molecule has 0 spiro atoms. The van der Waals surface area contributed by atoms with Gasteiger partial charge in [0.1, 0.15) is 6.61 Å². The van der Waals surface area contributed by atoms with Crippen LogP contribution < -0.4 is 14.9 Å². The molecule has 0 heterocycles. The van der Waals surface area contributed by atoms with E-state index >= 15 is 0 Å². The minimum Gasteiger partial charge on any atom is -0.493 e. The van der Waals surface area contributed by atoms with Crippen LogP contribution in [0.5, 0.6) is 11.5 Å². The number of carbonyl (C=O) groups excluding carboxylic acids is 1. The minimum atomic E-state index is -0.335. The maximum atomic E-state index is 12.2. The first kappa shape index (κ1) is 20.4. The summed E-state index contributed by atoms with van der Waals surface area (Å²) in [5, 5.41) is 4.54. The summed E-state index contributed by atoms with van der Waals surface area (Å²) in [5.74, 6) is 0.881. The molecule has 1 N–H and O–H groups in total. The third-order valence-electron chi connectivity index (χ3n) is 4.24. The fourth-order valence-corrected chi connectivity index (χ4v) is 2.76. The molecule has 0 aliphatic heterocycles. The van der Waals surface area contributed by atoms with Gasteiger partial charge in [0.2, 0.25) is 0 Å². The number of aryl methyl sites for hydroxylation is 1. The molecule has 0 atom stereocenters. The number of halogens is 1. The van der Waals surface area contributed by atoms with Crippen LogP contribution >= 0.6 is 11.6 Å². The molecule has 0 aromatic heterocycles. The van der Waals surface area contributed by atoms with E-state index in [0.29, 0.717) is 28.7 Å². The fraction of sp³-hybridized carbons (Fsp3) is 0.130. The summed E-state index contributed by atoms with van der Waals surface area (Å²) in [7, 11) is 1.58. The van der Waals surface area contributed by atoms with Crippen molar-refractivity contribution in [1.82, 2.24) is 5.43 Å². The highest BCUT2D eigenvalue weighted by atomic mass is 35.5. The van der Waals surface area contributed by atoms with Gasteiger partial charge in [0.15, 0.2) is 11.5 Å². The van der Waals surface area contributed by atoms with Gasteiger partial charge < -0.3 is 9.47 Å². The van der Waals surface area contributed by atoms with Crippen LogP contribution in [0.3, 0.4) is 0 Å². The van der Waals surface area contributed by atoms with Gasteiger partial charge in [-0.25, -0.2) is 5.43 Å². The summed E-state index contributed by atoms with van der Waals surface area (Å²) in [6.07, 6.45) is 1.54. The van der Waals surface area contributed by atoms with Gasteiger partial charge in [0.25, 0.3) is 5.91 Å². The van der Waals surface area contributed by atoms with E-state index in [0.717, 1.165) is 16.7 Å². The van der Waals surface area contributed by atoms with Gasteiger partial charge in [-0.1, -0.05) is 48.0 Å². The third kappa shape index (κ3) is 5.59. The zero-order valence-corrected chi connectivity index (χ0v) is 16.9. The Bertz CT molecular complexity index is 1020. The van der Waals surface area contributed by atoms with Gasteiger partial charge in [-0.3, -0.25) is 4.79 Å². The third-order valence-corrected chi connectivity index (χ3v) is 4.65. The Morgan fingerprint density at radius 2 is 1.86 bits per heavy atom. The molecule has 3 aromatic rings. The Balaban J connectivity index is 1.63. The highest BCUT2D eigenvalue weighted by molar-refractivity contribution is 6.31. The lowest BCUT2D eigenvalue weighted by molar-refractivity contribution is 0.0955. The smallest absolute Gasteiger partial charge is 0.271 e. The molecular formula is C23H21ClN2O3. The van der Waals surface area contributed by atoms with Crippen molar-refractivity contribution < 1.29 is 14.3 Å². The number of methoxy groups -OCH3 is 1. The van der Waals surface area contributed by atoms with Gasteiger partial charge in [-0.05, 0) is 53.9 Å². The molecule has 5 nitrogen and oxygen atoms in total. The lowest BCUT2D eigenvalue weighted by atomic mass is 10.1. The van der Waals surface area contributed by atoms with Gasteiger partial charge in [0, 0.05) is 10.6 Å². The molecule has 0 saturated heterocycles. The van der Waals surface area contributed by atoms with Crippen molar-refractivity contribution in [3.63, 3.8) is 0 Å². The van der Waals surface area contributed by atoms with Crippen LogP contribution in [0, 0.1) is 6.92 Å². The molecule has 0 aliphatic carbocycles. The van der Waals surface area contributed by atoms with Crippen molar-refractivity contribution in [2.45, 2.75) is 13.5 Å². The molecule has 148 valence electrons. The average Bonchev–Trinajstić information content (AvgIpc) is 2.75. The minimum absolute atomic E-state index is 0.335. The summed E-state index contributed by atoms with van der Waals surface area (Å²) in [4.78, 5) is 12.2. The summed E-state index contributed by atoms with van der Waals surface area (Å²) in [6.45, 7) is 2.32. The Kier molecular flexibility index (Phi) is 6.87. The number of hydrogen-bond acceptors (Lipinski definition) is 4. The Hall–Kier alpha value is -3.31. The molecule has 0 unspecified atom stereocenters. The van der Waals surface area contributed by atoms with E-state index in [-0.39, 0.29) is 5.91 Å². The predicted molar refractivity (Wildman–Crippen MR) is 115 cm³/mol. The van der Waals surface area contributed by atoms with Crippen molar-refractivity contribution in [2.75, 3.05) is 7.11 Å². The van der Waals surface area contributed by atoms with Crippen LogP contribution in [-0.2, 0) is 6.61 Å².